The van der Waals surface area contributed by atoms with Crippen molar-refractivity contribution in [1.29, 1.82) is 0 Å². The largest absolute Gasteiger partial charge is 0.325 e. The maximum atomic E-state index is 13.6. The highest BCUT2D eigenvalue weighted by Crippen LogP contribution is 2.35. The molecule has 1 aliphatic rings. The van der Waals surface area contributed by atoms with E-state index < -0.39 is 17.2 Å². The summed E-state index contributed by atoms with van der Waals surface area (Å²) in [4.78, 5) is 0. The van der Waals surface area contributed by atoms with Gasteiger partial charge >= 0.3 is 0 Å². The normalized spacial score (nSPS) is 28.3. The molecule has 1 saturated carbocycles. The van der Waals surface area contributed by atoms with E-state index >= 15 is 0 Å². The van der Waals surface area contributed by atoms with Crippen LogP contribution in [0.3, 0.4) is 0 Å². The predicted octanol–water partition coefficient (Wildman–Crippen LogP) is 3.81. The van der Waals surface area contributed by atoms with Gasteiger partial charge in [-0.1, -0.05) is 19.4 Å². The van der Waals surface area contributed by atoms with Crippen molar-refractivity contribution >= 4 is 0 Å². The van der Waals surface area contributed by atoms with Crippen molar-refractivity contribution in [2.45, 2.75) is 51.0 Å². The first-order chi connectivity index (χ1) is 8.54. The topological polar surface area (TPSA) is 26.0 Å². The summed E-state index contributed by atoms with van der Waals surface area (Å²) in [6, 6.07) is 4.00. The average Bonchev–Trinajstić information content (AvgIpc) is 2.35. The number of benzene rings is 1. The fraction of sp³-hybridized carbons (Fsp3) is 0.600. The Morgan fingerprint density at radius 1 is 1.22 bits per heavy atom. The Balaban J connectivity index is 2.09. The lowest BCUT2D eigenvalue weighted by Crippen LogP contribution is -2.45. The van der Waals surface area contributed by atoms with Crippen molar-refractivity contribution in [2.24, 2.45) is 11.7 Å². The fourth-order valence-corrected chi connectivity index (χ4v) is 2.89. The highest BCUT2D eigenvalue weighted by molar-refractivity contribution is 5.22. The molecule has 1 aliphatic carbocycles. The molecule has 18 heavy (non-hydrogen) atoms. The molecule has 100 valence electrons. The summed E-state index contributed by atoms with van der Waals surface area (Å²) in [5, 5.41) is 0. The van der Waals surface area contributed by atoms with Crippen molar-refractivity contribution in [1.82, 2.24) is 0 Å². The molecule has 0 heterocycles. The third-order valence-electron chi connectivity index (χ3n) is 4.27. The number of hydrogen-bond donors (Lipinski definition) is 1. The Kier molecular flexibility index (Phi) is 4.00. The van der Waals surface area contributed by atoms with E-state index in [9.17, 15) is 8.78 Å². The highest BCUT2D eigenvalue weighted by Gasteiger charge is 2.32. The minimum Gasteiger partial charge on any atom is -0.325 e. The van der Waals surface area contributed by atoms with E-state index in [4.69, 9.17) is 5.73 Å². The maximum Gasteiger partial charge on any atom is 0.129 e. The van der Waals surface area contributed by atoms with Gasteiger partial charge in [-0.2, -0.15) is 0 Å². The van der Waals surface area contributed by atoms with Gasteiger partial charge in [0.1, 0.15) is 11.6 Å². The SMILES string of the molecule is CCC1CCC(N)(Cc2c(F)cccc2F)CC1. The number of halogens is 2. The van der Waals surface area contributed by atoms with Gasteiger partial charge in [0.05, 0.1) is 0 Å². The molecule has 0 aliphatic heterocycles. The lowest BCUT2D eigenvalue weighted by Gasteiger charge is -2.37. The summed E-state index contributed by atoms with van der Waals surface area (Å²) < 4.78 is 27.2. The molecule has 0 amide bonds. The second kappa shape index (κ2) is 5.35. The van der Waals surface area contributed by atoms with Crippen molar-refractivity contribution in [2.75, 3.05) is 0 Å². The van der Waals surface area contributed by atoms with Gasteiger partial charge in [0, 0.05) is 11.1 Å². The fourth-order valence-electron chi connectivity index (χ4n) is 2.89. The zero-order valence-electron chi connectivity index (χ0n) is 10.9. The Morgan fingerprint density at radius 3 is 2.28 bits per heavy atom. The minimum atomic E-state index is -0.475. The summed E-state index contributed by atoms with van der Waals surface area (Å²) in [6.45, 7) is 2.19. The third kappa shape index (κ3) is 2.89. The molecule has 0 radical (unpaired) electrons. The lowest BCUT2D eigenvalue weighted by atomic mass is 9.73. The quantitative estimate of drug-likeness (QED) is 0.871. The van der Waals surface area contributed by atoms with Crippen molar-refractivity contribution in [3.05, 3.63) is 35.4 Å². The Bertz CT molecular complexity index is 389. The number of nitrogens with two attached hydrogens (primary N) is 1. The van der Waals surface area contributed by atoms with E-state index in [1.54, 1.807) is 0 Å². The highest BCUT2D eigenvalue weighted by atomic mass is 19.1. The first kappa shape index (κ1) is 13.5. The van der Waals surface area contributed by atoms with Gasteiger partial charge in [0.15, 0.2) is 0 Å². The van der Waals surface area contributed by atoms with Crippen molar-refractivity contribution in [3.8, 4) is 0 Å². The predicted molar refractivity (Wildman–Crippen MR) is 69.2 cm³/mol. The van der Waals surface area contributed by atoms with Crippen LogP contribution in [0.5, 0.6) is 0 Å². The van der Waals surface area contributed by atoms with Crippen LogP contribution in [-0.4, -0.2) is 5.54 Å². The summed E-state index contributed by atoms with van der Waals surface area (Å²) in [5.41, 5.74) is 6.02. The molecular weight excluding hydrogens is 232 g/mol. The summed E-state index contributed by atoms with van der Waals surface area (Å²) >= 11 is 0. The molecule has 3 heteroatoms. The second-order valence-corrected chi connectivity index (χ2v) is 5.59. The molecular formula is C15H21F2N. The van der Waals surface area contributed by atoms with Gasteiger partial charge in [-0.15, -0.1) is 0 Å². The first-order valence-electron chi connectivity index (χ1n) is 6.76. The molecule has 0 saturated heterocycles. The maximum absolute atomic E-state index is 13.6. The van der Waals surface area contributed by atoms with Crippen LogP contribution >= 0.6 is 0 Å². The molecule has 1 fully saturated rings. The molecule has 1 nitrogen and oxygen atoms in total. The van der Waals surface area contributed by atoms with Crippen LogP contribution in [0.25, 0.3) is 0 Å². The summed E-state index contributed by atoms with van der Waals surface area (Å²) in [7, 11) is 0. The molecule has 1 aromatic carbocycles. The average molecular weight is 253 g/mol. The lowest BCUT2D eigenvalue weighted by molar-refractivity contribution is 0.225. The Hall–Kier alpha value is -0.960. The molecule has 0 aromatic heterocycles. The zero-order valence-corrected chi connectivity index (χ0v) is 10.9. The van der Waals surface area contributed by atoms with Crippen LogP contribution in [0.15, 0.2) is 18.2 Å². The summed E-state index contributed by atoms with van der Waals surface area (Å²) in [5.74, 6) is -0.220. The number of rotatable bonds is 3. The molecule has 0 spiro atoms. The van der Waals surface area contributed by atoms with Crippen LogP contribution in [-0.2, 0) is 6.42 Å². The van der Waals surface area contributed by atoms with Gasteiger partial charge < -0.3 is 5.73 Å². The van der Waals surface area contributed by atoms with Crippen molar-refractivity contribution in [3.63, 3.8) is 0 Å². The van der Waals surface area contributed by atoms with E-state index in [0.29, 0.717) is 6.42 Å². The molecule has 0 unspecified atom stereocenters. The molecule has 2 N–H and O–H groups in total. The van der Waals surface area contributed by atoms with E-state index in [-0.39, 0.29) is 5.56 Å². The van der Waals surface area contributed by atoms with E-state index in [1.165, 1.54) is 24.6 Å². The molecule has 0 atom stereocenters. The van der Waals surface area contributed by atoms with E-state index in [0.717, 1.165) is 31.6 Å². The van der Waals surface area contributed by atoms with Gasteiger partial charge in [-0.3, -0.25) is 0 Å². The van der Waals surface area contributed by atoms with E-state index in [1.807, 2.05) is 0 Å². The number of hydrogen-bond acceptors (Lipinski definition) is 1. The van der Waals surface area contributed by atoms with Crippen LogP contribution in [0.2, 0.25) is 0 Å². The van der Waals surface area contributed by atoms with Crippen LogP contribution in [0, 0.1) is 17.6 Å². The Morgan fingerprint density at radius 2 is 1.78 bits per heavy atom. The monoisotopic (exact) mass is 253 g/mol. The Labute approximate surface area is 107 Å². The van der Waals surface area contributed by atoms with Crippen LogP contribution in [0.4, 0.5) is 8.78 Å². The molecule has 0 bridgehead atoms. The van der Waals surface area contributed by atoms with Crippen LogP contribution < -0.4 is 5.73 Å². The zero-order chi connectivity index (χ0) is 13.2. The smallest absolute Gasteiger partial charge is 0.129 e. The van der Waals surface area contributed by atoms with Gasteiger partial charge in [-0.05, 0) is 50.2 Å². The minimum absolute atomic E-state index is 0.148. The van der Waals surface area contributed by atoms with Crippen LogP contribution in [0.1, 0.15) is 44.6 Å². The molecule has 2 rings (SSSR count). The standard InChI is InChI=1S/C15H21F2N/c1-2-11-6-8-15(18,9-7-11)10-12-13(16)4-3-5-14(12)17/h3-5,11H,2,6-10,18H2,1H3. The summed E-state index contributed by atoms with van der Waals surface area (Å²) in [6.07, 6.45) is 5.34. The van der Waals surface area contributed by atoms with Gasteiger partial charge in [0.25, 0.3) is 0 Å². The van der Waals surface area contributed by atoms with Gasteiger partial charge in [-0.25, -0.2) is 8.78 Å². The molecule has 1 aromatic rings. The van der Waals surface area contributed by atoms with Gasteiger partial charge in [0.2, 0.25) is 0 Å². The second-order valence-electron chi connectivity index (χ2n) is 5.59. The van der Waals surface area contributed by atoms with Crippen molar-refractivity contribution < 1.29 is 8.78 Å². The van der Waals surface area contributed by atoms with E-state index in [2.05, 4.69) is 6.92 Å². The third-order valence-corrected chi connectivity index (χ3v) is 4.27. The first-order valence-corrected chi connectivity index (χ1v) is 6.76.